The monoisotopic (exact) mass is 448 g/mol. The Morgan fingerprint density at radius 2 is 1.68 bits per heavy atom. The Morgan fingerprint density at radius 3 is 2.39 bits per heavy atom. The fraction of sp³-hybridized carbons (Fsp3) is 0.545. The Kier molecular flexibility index (Phi) is 5.95. The van der Waals surface area contributed by atoms with Crippen LogP contribution in [0.15, 0.2) is 18.2 Å². The van der Waals surface area contributed by atoms with E-state index in [1.54, 1.807) is 0 Å². The number of likely N-dealkylation sites (tertiary alicyclic amines) is 1. The van der Waals surface area contributed by atoms with Gasteiger partial charge in [0.05, 0.1) is 6.67 Å². The third kappa shape index (κ3) is 4.08. The quantitative estimate of drug-likeness (QED) is 0.714. The molecule has 3 aliphatic heterocycles. The van der Waals surface area contributed by atoms with E-state index in [0.29, 0.717) is 35.1 Å². The maximum absolute atomic E-state index is 14.5. The predicted octanol–water partition coefficient (Wildman–Crippen LogP) is 4.06. The van der Waals surface area contributed by atoms with Crippen LogP contribution in [-0.4, -0.2) is 53.8 Å². The summed E-state index contributed by atoms with van der Waals surface area (Å²) in [6, 6.07) is 4.47. The van der Waals surface area contributed by atoms with E-state index in [2.05, 4.69) is 20.1 Å². The molecule has 2 aromatic rings. The first-order valence-corrected chi connectivity index (χ1v) is 11.5. The van der Waals surface area contributed by atoms with Gasteiger partial charge in [-0.15, -0.1) is 0 Å². The fourth-order valence-corrected chi connectivity index (χ4v) is 5.19. The number of piperidine rings is 2. The van der Waals surface area contributed by atoms with E-state index in [4.69, 9.17) is 16.6 Å². The minimum absolute atomic E-state index is 0.125. The Morgan fingerprint density at radius 1 is 0.968 bits per heavy atom. The number of anilines is 3. The van der Waals surface area contributed by atoms with E-state index in [-0.39, 0.29) is 12.4 Å². The van der Waals surface area contributed by atoms with Crippen molar-refractivity contribution in [2.45, 2.75) is 44.7 Å². The van der Waals surface area contributed by atoms with Gasteiger partial charge in [-0.25, -0.2) is 13.8 Å². The number of nitrogens with one attached hydrogen (secondary N) is 1. The zero-order valence-electron chi connectivity index (χ0n) is 17.5. The average Bonchev–Trinajstić information content (AvgIpc) is 2.80. The molecule has 1 aromatic heterocycles. The molecule has 166 valence electrons. The van der Waals surface area contributed by atoms with Crippen LogP contribution in [0.5, 0.6) is 0 Å². The number of hydrogen-bond donors (Lipinski definition) is 1. The molecule has 2 saturated heterocycles. The molecule has 0 aliphatic carbocycles. The molecule has 0 atom stereocenters. The summed E-state index contributed by atoms with van der Waals surface area (Å²) in [5.41, 5.74) is 0.531. The zero-order chi connectivity index (χ0) is 21.4. The Hall–Kier alpha value is -2.03. The second-order valence-electron chi connectivity index (χ2n) is 8.51. The van der Waals surface area contributed by atoms with Crippen LogP contribution in [-0.2, 0) is 6.54 Å². The lowest BCUT2D eigenvalue weighted by Gasteiger charge is -2.40. The van der Waals surface area contributed by atoms with Gasteiger partial charge in [-0.3, -0.25) is 5.32 Å². The lowest BCUT2D eigenvalue weighted by Crippen LogP contribution is -2.47. The number of nitrogens with zero attached hydrogens (tertiary/aromatic N) is 5. The molecule has 2 fully saturated rings. The molecule has 1 N–H and O–H groups in total. The highest BCUT2D eigenvalue weighted by Crippen LogP contribution is 2.37. The molecule has 31 heavy (non-hydrogen) atoms. The van der Waals surface area contributed by atoms with Gasteiger partial charge in [-0.1, -0.05) is 24.1 Å². The first-order valence-electron chi connectivity index (χ1n) is 11.1. The van der Waals surface area contributed by atoms with Crippen molar-refractivity contribution in [1.82, 2.24) is 20.2 Å². The van der Waals surface area contributed by atoms with E-state index in [1.807, 2.05) is 0 Å². The van der Waals surface area contributed by atoms with E-state index in [1.165, 1.54) is 55.5 Å². The summed E-state index contributed by atoms with van der Waals surface area (Å²) >= 11 is 6.51. The van der Waals surface area contributed by atoms with Gasteiger partial charge in [-0.2, -0.15) is 4.98 Å². The highest BCUT2D eigenvalue weighted by Gasteiger charge is 2.31. The van der Waals surface area contributed by atoms with Crippen molar-refractivity contribution in [3.05, 3.63) is 40.6 Å². The van der Waals surface area contributed by atoms with Gasteiger partial charge in [0.25, 0.3) is 0 Å². The fourth-order valence-electron chi connectivity index (χ4n) is 4.97. The molecular formula is C22H27ClF2N6. The maximum atomic E-state index is 14.5. The van der Waals surface area contributed by atoms with Crippen molar-refractivity contribution >= 4 is 29.1 Å². The van der Waals surface area contributed by atoms with E-state index in [0.717, 1.165) is 25.9 Å². The van der Waals surface area contributed by atoms with Crippen molar-refractivity contribution in [2.75, 3.05) is 42.6 Å². The van der Waals surface area contributed by atoms with Crippen molar-refractivity contribution in [1.29, 1.82) is 0 Å². The highest BCUT2D eigenvalue weighted by atomic mass is 35.5. The number of benzene rings is 1. The molecule has 3 aliphatic rings. The van der Waals surface area contributed by atoms with Gasteiger partial charge in [0.2, 0.25) is 5.95 Å². The molecule has 5 rings (SSSR count). The smallest absolute Gasteiger partial charge is 0.228 e. The summed E-state index contributed by atoms with van der Waals surface area (Å²) in [4.78, 5) is 15.6. The number of fused-ring (bicyclic) bond motifs is 1. The molecule has 0 amide bonds. The SMILES string of the molecule is Fc1cccc(F)c1N1CNCc2c(Cl)nc(N3CCC(N4CCCCC4)CC3)nc21. The minimum atomic E-state index is -0.631. The van der Waals surface area contributed by atoms with Gasteiger partial charge in [-0.05, 0) is 50.9 Å². The van der Waals surface area contributed by atoms with Crippen LogP contribution in [0.25, 0.3) is 0 Å². The molecule has 1 aromatic carbocycles. The second-order valence-corrected chi connectivity index (χ2v) is 8.87. The van der Waals surface area contributed by atoms with Crippen LogP contribution in [0.1, 0.15) is 37.7 Å². The zero-order valence-corrected chi connectivity index (χ0v) is 18.2. The minimum Gasteiger partial charge on any atom is -0.341 e. The number of rotatable bonds is 3. The second kappa shape index (κ2) is 8.84. The normalized spacial score (nSPS) is 20.7. The lowest BCUT2D eigenvalue weighted by molar-refractivity contribution is 0.141. The predicted molar refractivity (Wildman–Crippen MR) is 118 cm³/mol. The highest BCUT2D eigenvalue weighted by molar-refractivity contribution is 6.30. The van der Waals surface area contributed by atoms with Crippen molar-refractivity contribution in [2.24, 2.45) is 0 Å². The summed E-state index contributed by atoms with van der Waals surface area (Å²) in [5.74, 6) is -0.262. The van der Waals surface area contributed by atoms with Crippen LogP contribution in [0.2, 0.25) is 5.15 Å². The Bertz CT molecular complexity index is 924. The van der Waals surface area contributed by atoms with E-state index in [9.17, 15) is 8.78 Å². The lowest BCUT2D eigenvalue weighted by atomic mass is 10.00. The molecule has 0 bridgehead atoms. The first kappa shape index (κ1) is 20.8. The van der Waals surface area contributed by atoms with E-state index >= 15 is 0 Å². The number of para-hydroxylation sites is 1. The molecular weight excluding hydrogens is 422 g/mol. The molecule has 9 heteroatoms. The molecule has 0 spiro atoms. The van der Waals surface area contributed by atoms with Gasteiger partial charge >= 0.3 is 0 Å². The summed E-state index contributed by atoms with van der Waals surface area (Å²) in [5, 5.41) is 3.46. The van der Waals surface area contributed by atoms with Crippen molar-refractivity contribution in [3.63, 3.8) is 0 Å². The molecule has 4 heterocycles. The summed E-state index contributed by atoms with van der Waals surface area (Å²) in [6.45, 7) is 4.79. The summed E-state index contributed by atoms with van der Waals surface area (Å²) in [6.07, 6.45) is 6.04. The van der Waals surface area contributed by atoms with Crippen molar-refractivity contribution < 1.29 is 8.78 Å². The van der Waals surface area contributed by atoms with Gasteiger partial charge in [0.1, 0.15) is 28.3 Å². The van der Waals surface area contributed by atoms with Crippen LogP contribution in [0.4, 0.5) is 26.2 Å². The third-order valence-corrected chi connectivity index (χ3v) is 6.92. The number of hydrogen-bond acceptors (Lipinski definition) is 6. The summed E-state index contributed by atoms with van der Waals surface area (Å²) < 4.78 is 29.0. The maximum Gasteiger partial charge on any atom is 0.228 e. The third-order valence-electron chi connectivity index (χ3n) is 6.61. The summed E-state index contributed by atoms with van der Waals surface area (Å²) in [7, 11) is 0. The van der Waals surface area contributed by atoms with Crippen molar-refractivity contribution in [3.8, 4) is 0 Å². The first-order chi connectivity index (χ1) is 15.1. The van der Waals surface area contributed by atoms with Gasteiger partial charge in [0.15, 0.2) is 0 Å². The number of halogens is 3. The van der Waals surface area contributed by atoms with Crippen LogP contribution in [0.3, 0.4) is 0 Å². The molecule has 6 nitrogen and oxygen atoms in total. The average molecular weight is 449 g/mol. The van der Waals surface area contributed by atoms with Crippen LogP contribution >= 0.6 is 11.6 Å². The number of aromatic nitrogens is 2. The molecule has 0 unspecified atom stereocenters. The Labute approximate surface area is 186 Å². The van der Waals surface area contributed by atoms with Crippen LogP contribution < -0.4 is 15.1 Å². The largest absolute Gasteiger partial charge is 0.341 e. The molecule has 0 radical (unpaired) electrons. The van der Waals surface area contributed by atoms with Crippen LogP contribution in [0, 0.1) is 11.6 Å². The topological polar surface area (TPSA) is 47.5 Å². The van der Waals surface area contributed by atoms with Gasteiger partial charge in [0, 0.05) is 31.2 Å². The Balaban J connectivity index is 1.40. The standard InChI is InChI=1S/C22H27ClF2N6/c23-20-16-13-26-14-31(19-17(24)5-4-6-18(19)25)21(16)28-22(27-20)30-11-7-15(8-12-30)29-9-2-1-3-10-29/h4-6,15,26H,1-3,7-14H2. The van der Waals surface area contributed by atoms with E-state index < -0.39 is 11.6 Å². The molecule has 0 saturated carbocycles. The van der Waals surface area contributed by atoms with Gasteiger partial charge < -0.3 is 14.7 Å².